The van der Waals surface area contributed by atoms with Crippen LogP contribution in [0, 0.1) is 0 Å². The molecule has 1 saturated heterocycles. The lowest BCUT2D eigenvalue weighted by Crippen LogP contribution is -2.43. The lowest BCUT2D eigenvalue weighted by atomic mass is 10.1. The van der Waals surface area contributed by atoms with Crippen molar-refractivity contribution >= 4 is 12.1 Å². The molecule has 0 atom stereocenters. The van der Waals surface area contributed by atoms with Crippen molar-refractivity contribution in [3.8, 4) is 0 Å². The first-order valence-corrected chi connectivity index (χ1v) is 6.09. The average molecular weight is 259 g/mol. The predicted molar refractivity (Wildman–Crippen MR) is 64.4 cm³/mol. The van der Waals surface area contributed by atoms with E-state index < -0.39 is 11.6 Å². The van der Waals surface area contributed by atoms with Crippen molar-refractivity contribution in [1.29, 1.82) is 0 Å². The number of hydrogen-bond donors (Lipinski definition) is 1. The van der Waals surface area contributed by atoms with Gasteiger partial charge in [0.25, 0.3) is 0 Å². The molecule has 1 N–H and O–H groups in total. The standard InChI is InChI=1S/C12H21NO5/c1-12(2,3)18-11(16)13-6-4-9(5-7-13)17-8-10(14)15/h9H,4-8H2,1-3H3,(H,14,15). The molecular formula is C12H21NO5. The van der Waals surface area contributed by atoms with Gasteiger partial charge in [-0.2, -0.15) is 0 Å². The molecular weight excluding hydrogens is 238 g/mol. The number of carboxylic acid groups (broad SMARTS) is 1. The average Bonchev–Trinajstić information content (AvgIpc) is 2.24. The van der Waals surface area contributed by atoms with Gasteiger partial charge in [-0.3, -0.25) is 0 Å². The number of carbonyl (C=O) groups is 2. The lowest BCUT2D eigenvalue weighted by molar-refractivity contribution is -0.145. The summed E-state index contributed by atoms with van der Waals surface area (Å²) in [6.45, 7) is 6.28. The number of carbonyl (C=O) groups excluding carboxylic acids is 1. The second kappa shape index (κ2) is 6.04. The van der Waals surface area contributed by atoms with Gasteiger partial charge in [-0.25, -0.2) is 9.59 Å². The fraction of sp³-hybridized carbons (Fsp3) is 0.833. The van der Waals surface area contributed by atoms with Gasteiger partial charge in [0.2, 0.25) is 0 Å². The Hall–Kier alpha value is -1.30. The maximum absolute atomic E-state index is 11.8. The second-order valence-electron chi connectivity index (χ2n) is 5.37. The first-order chi connectivity index (χ1) is 8.28. The second-order valence-corrected chi connectivity index (χ2v) is 5.37. The van der Waals surface area contributed by atoms with E-state index in [0.717, 1.165) is 0 Å². The van der Waals surface area contributed by atoms with Crippen LogP contribution in [0.4, 0.5) is 4.79 Å². The van der Waals surface area contributed by atoms with Crippen molar-refractivity contribution in [3.63, 3.8) is 0 Å². The van der Waals surface area contributed by atoms with Gasteiger partial charge >= 0.3 is 12.1 Å². The minimum atomic E-state index is -0.968. The molecule has 0 spiro atoms. The molecule has 0 radical (unpaired) electrons. The topological polar surface area (TPSA) is 76.1 Å². The van der Waals surface area contributed by atoms with Gasteiger partial charge in [-0.1, -0.05) is 0 Å². The monoisotopic (exact) mass is 259 g/mol. The molecule has 104 valence electrons. The minimum Gasteiger partial charge on any atom is -0.480 e. The molecule has 0 bridgehead atoms. The maximum Gasteiger partial charge on any atom is 0.410 e. The van der Waals surface area contributed by atoms with Crippen molar-refractivity contribution in [1.82, 2.24) is 4.90 Å². The molecule has 0 aromatic heterocycles. The summed E-state index contributed by atoms with van der Waals surface area (Å²) < 4.78 is 10.5. The fourth-order valence-corrected chi connectivity index (χ4v) is 1.72. The summed E-state index contributed by atoms with van der Waals surface area (Å²) in [7, 11) is 0. The molecule has 1 amide bonds. The molecule has 1 heterocycles. The molecule has 18 heavy (non-hydrogen) atoms. The molecule has 0 aromatic carbocycles. The maximum atomic E-state index is 11.8. The van der Waals surface area contributed by atoms with E-state index in [2.05, 4.69) is 0 Å². The number of piperidine rings is 1. The highest BCUT2D eigenvalue weighted by Gasteiger charge is 2.27. The number of ether oxygens (including phenoxy) is 2. The molecule has 1 rings (SSSR count). The van der Waals surface area contributed by atoms with E-state index in [4.69, 9.17) is 14.6 Å². The van der Waals surface area contributed by atoms with Gasteiger partial charge in [0.1, 0.15) is 12.2 Å². The van der Waals surface area contributed by atoms with E-state index in [1.807, 2.05) is 20.8 Å². The third-order valence-corrected chi connectivity index (χ3v) is 2.54. The molecule has 0 aromatic rings. The van der Waals surface area contributed by atoms with Crippen LogP contribution in [0.5, 0.6) is 0 Å². The van der Waals surface area contributed by atoms with Crippen LogP contribution in [-0.2, 0) is 14.3 Å². The van der Waals surface area contributed by atoms with E-state index in [-0.39, 0.29) is 18.8 Å². The fourth-order valence-electron chi connectivity index (χ4n) is 1.72. The largest absolute Gasteiger partial charge is 0.480 e. The Balaban J connectivity index is 2.30. The molecule has 1 aliphatic rings. The zero-order chi connectivity index (χ0) is 13.8. The Bertz CT molecular complexity index is 302. The van der Waals surface area contributed by atoms with E-state index in [1.165, 1.54) is 0 Å². The van der Waals surface area contributed by atoms with Crippen molar-refractivity contribution in [2.75, 3.05) is 19.7 Å². The predicted octanol–water partition coefficient (Wildman–Crippen LogP) is 1.49. The van der Waals surface area contributed by atoms with Crippen LogP contribution in [0.3, 0.4) is 0 Å². The zero-order valence-electron chi connectivity index (χ0n) is 11.1. The molecule has 0 saturated carbocycles. The third-order valence-electron chi connectivity index (χ3n) is 2.54. The van der Waals surface area contributed by atoms with Crippen molar-refractivity contribution in [2.45, 2.75) is 45.3 Å². The van der Waals surface area contributed by atoms with Gasteiger partial charge in [0.05, 0.1) is 6.10 Å². The summed E-state index contributed by atoms with van der Waals surface area (Å²) in [5.41, 5.74) is -0.492. The highest BCUT2D eigenvalue weighted by atomic mass is 16.6. The highest BCUT2D eigenvalue weighted by Crippen LogP contribution is 2.17. The highest BCUT2D eigenvalue weighted by molar-refractivity contribution is 5.68. The first kappa shape index (κ1) is 14.8. The van der Waals surface area contributed by atoms with Crippen LogP contribution in [0.15, 0.2) is 0 Å². The van der Waals surface area contributed by atoms with Crippen LogP contribution in [0.2, 0.25) is 0 Å². The van der Waals surface area contributed by atoms with Crippen LogP contribution in [-0.4, -0.2) is 53.5 Å². The van der Waals surface area contributed by atoms with Crippen molar-refractivity contribution < 1.29 is 24.2 Å². The molecule has 0 unspecified atom stereocenters. The summed E-state index contributed by atoms with van der Waals surface area (Å²) in [6, 6.07) is 0. The SMILES string of the molecule is CC(C)(C)OC(=O)N1CCC(OCC(=O)O)CC1. The summed E-state index contributed by atoms with van der Waals surface area (Å²) in [5, 5.41) is 8.50. The van der Waals surface area contributed by atoms with Crippen LogP contribution in [0.1, 0.15) is 33.6 Å². The third kappa shape index (κ3) is 5.35. The summed E-state index contributed by atoms with van der Waals surface area (Å²) in [4.78, 5) is 23.7. The van der Waals surface area contributed by atoms with Crippen molar-refractivity contribution in [3.05, 3.63) is 0 Å². The number of carboxylic acids is 1. The van der Waals surface area contributed by atoms with E-state index in [1.54, 1.807) is 4.90 Å². The van der Waals surface area contributed by atoms with Gasteiger partial charge in [-0.15, -0.1) is 0 Å². The van der Waals surface area contributed by atoms with Crippen molar-refractivity contribution in [2.24, 2.45) is 0 Å². The Morgan fingerprint density at radius 1 is 1.28 bits per heavy atom. The number of hydrogen-bond acceptors (Lipinski definition) is 4. The van der Waals surface area contributed by atoms with Gasteiger partial charge < -0.3 is 19.5 Å². The normalized spacial score (nSPS) is 17.6. The summed E-state index contributed by atoms with van der Waals surface area (Å²) in [5.74, 6) is -0.968. The summed E-state index contributed by atoms with van der Waals surface area (Å²) >= 11 is 0. The van der Waals surface area contributed by atoms with Crippen LogP contribution < -0.4 is 0 Å². The minimum absolute atomic E-state index is 0.0835. The number of nitrogens with zero attached hydrogens (tertiary/aromatic N) is 1. The summed E-state index contributed by atoms with van der Waals surface area (Å²) in [6.07, 6.45) is 0.887. The van der Waals surface area contributed by atoms with E-state index in [9.17, 15) is 9.59 Å². The van der Waals surface area contributed by atoms with E-state index >= 15 is 0 Å². The Morgan fingerprint density at radius 3 is 2.28 bits per heavy atom. The Morgan fingerprint density at radius 2 is 1.83 bits per heavy atom. The van der Waals surface area contributed by atoms with Gasteiger partial charge in [-0.05, 0) is 33.6 Å². The lowest BCUT2D eigenvalue weighted by Gasteiger charge is -2.33. The number of likely N-dealkylation sites (tertiary alicyclic amines) is 1. The quantitative estimate of drug-likeness (QED) is 0.831. The van der Waals surface area contributed by atoms with Crippen LogP contribution in [0.25, 0.3) is 0 Å². The molecule has 0 aliphatic carbocycles. The van der Waals surface area contributed by atoms with Gasteiger partial charge in [0.15, 0.2) is 0 Å². The smallest absolute Gasteiger partial charge is 0.410 e. The number of rotatable bonds is 3. The Labute approximate surface area is 107 Å². The van der Waals surface area contributed by atoms with E-state index in [0.29, 0.717) is 25.9 Å². The number of aliphatic carboxylic acids is 1. The molecule has 1 fully saturated rings. The number of amides is 1. The Kier molecular flexibility index (Phi) is 4.95. The molecule has 1 aliphatic heterocycles. The zero-order valence-corrected chi connectivity index (χ0v) is 11.1. The van der Waals surface area contributed by atoms with Gasteiger partial charge in [0, 0.05) is 13.1 Å². The van der Waals surface area contributed by atoms with Crippen LogP contribution >= 0.6 is 0 Å². The first-order valence-electron chi connectivity index (χ1n) is 6.09. The molecule has 6 heteroatoms. The molecule has 6 nitrogen and oxygen atoms in total.